The third kappa shape index (κ3) is 5.32. The molecule has 7 heteroatoms. The van der Waals surface area contributed by atoms with Crippen molar-refractivity contribution in [1.82, 2.24) is 4.90 Å². The van der Waals surface area contributed by atoms with Gasteiger partial charge >= 0.3 is 7.12 Å². The van der Waals surface area contributed by atoms with Gasteiger partial charge in [0.1, 0.15) is 5.75 Å². The van der Waals surface area contributed by atoms with Crippen LogP contribution in [0.25, 0.3) is 11.1 Å². The van der Waals surface area contributed by atoms with Crippen LogP contribution in [-0.2, 0) is 6.42 Å². The number of halogens is 1. The minimum absolute atomic E-state index is 0. The molecule has 0 aromatic heterocycles. The molecule has 0 spiro atoms. The number of anilines is 1. The molecule has 5 rings (SSSR count). The van der Waals surface area contributed by atoms with Gasteiger partial charge in [0, 0.05) is 37.9 Å². The van der Waals surface area contributed by atoms with Crippen LogP contribution in [0.15, 0.2) is 66.7 Å². The Morgan fingerprint density at radius 3 is 2.03 bits per heavy atom. The summed E-state index contributed by atoms with van der Waals surface area (Å²) < 4.78 is 0. The number of phenols is 1. The second-order valence-electron chi connectivity index (χ2n) is 9.85. The average Bonchev–Trinajstić information content (AvgIpc) is 2.88. The fraction of sp³-hybridized carbons (Fsp3) is 0.310. The highest BCUT2D eigenvalue weighted by Gasteiger charge is 2.24. The van der Waals surface area contributed by atoms with E-state index < -0.39 is 7.12 Å². The van der Waals surface area contributed by atoms with E-state index in [2.05, 4.69) is 47.9 Å². The number of nitrogens with zero attached hydrogens (tertiary/aromatic N) is 2. The van der Waals surface area contributed by atoms with Crippen molar-refractivity contribution >= 4 is 41.8 Å². The molecule has 0 unspecified atom stereocenters. The number of fused-ring (bicyclic) bond motifs is 1. The van der Waals surface area contributed by atoms with Crippen molar-refractivity contribution in [2.45, 2.75) is 32.7 Å². The first-order chi connectivity index (χ1) is 16.9. The lowest BCUT2D eigenvalue weighted by Crippen LogP contribution is -2.48. The van der Waals surface area contributed by atoms with Crippen molar-refractivity contribution in [1.29, 1.82) is 0 Å². The molecule has 5 nitrogen and oxygen atoms in total. The second kappa shape index (κ2) is 11.1. The number of benzene rings is 3. The number of rotatable bonds is 5. The molecular weight excluding hydrogens is 471 g/mol. The van der Waals surface area contributed by atoms with Crippen LogP contribution in [0.1, 0.15) is 42.5 Å². The Labute approximate surface area is 220 Å². The van der Waals surface area contributed by atoms with Crippen molar-refractivity contribution in [2.24, 2.45) is 0 Å². The number of piperazine rings is 1. The molecule has 3 aromatic carbocycles. The highest BCUT2D eigenvalue weighted by Crippen LogP contribution is 2.41. The number of aryl methyl sites for hydroxylation is 1. The second-order valence-corrected chi connectivity index (χ2v) is 9.85. The predicted molar refractivity (Wildman–Crippen MR) is 151 cm³/mol. The monoisotopic (exact) mass is 504 g/mol. The van der Waals surface area contributed by atoms with Gasteiger partial charge in [0.25, 0.3) is 0 Å². The van der Waals surface area contributed by atoms with Crippen LogP contribution in [0.4, 0.5) is 5.69 Å². The van der Waals surface area contributed by atoms with Gasteiger partial charge in [0.05, 0.1) is 0 Å². The van der Waals surface area contributed by atoms with E-state index in [1.54, 1.807) is 18.2 Å². The summed E-state index contributed by atoms with van der Waals surface area (Å²) >= 11 is 0. The van der Waals surface area contributed by atoms with E-state index in [1.165, 1.54) is 16.8 Å². The van der Waals surface area contributed by atoms with Gasteiger partial charge < -0.3 is 20.1 Å². The lowest BCUT2D eigenvalue weighted by atomic mass is 9.74. The first-order valence-corrected chi connectivity index (χ1v) is 12.5. The van der Waals surface area contributed by atoms with Crippen molar-refractivity contribution in [2.75, 3.05) is 31.1 Å². The summed E-state index contributed by atoms with van der Waals surface area (Å²) in [6.45, 7) is 8.73. The first-order valence-electron chi connectivity index (χ1n) is 12.5. The molecule has 36 heavy (non-hydrogen) atoms. The molecule has 2 aliphatic rings. The third-order valence-corrected chi connectivity index (χ3v) is 7.43. The van der Waals surface area contributed by atoms with Gasteiger partial charge in [-0.25, -0.2) is 0 Å². The largest absolute Gasteiger partial charge is 0.508 e. The van der Waals surface area contributed by atoms with Crippen LogP contribution in [-0.4, -0.2) is 59.4 Å². The van der Waals surface area contributed by atoms with E-state index in [1.807, 2.05) is 24.3 Å². The maximum atomic E-state index is 9.83. The Morgan fingerprint density at radius 1 is 0.778 bits per heavy atom. The van der Waals surface area contributed by atoms with Crippen LogP contribution in [0.2, 0.25) is 0 Å². The van der Waals surface area contributed by atoms with Crippen LogP contribution in [0.5, 0.6) is 5.75 Å². The Balaban J connectivity index is 0.00000304. The summed E-state index contributed by atoms with van der Waals surface area (Å²) in [5.41, 5.74) is 8.50. The molecule has 1 heterocycles. The van der Waals surface area contributed by atoms with Crippen LogP contribution < -0.4 is 10.4 Å². The molecule has 0 amide bonds. The van der Waals surface area contributed by atoms with E-state index in [0.717, 1.165) is 61.3 Å². The maximum absolute atomic E-state index is 9.83. The van der Waals surface area contributed by atoms with Crippen LogP contribution in [0, 0.1) is 0 Å². The zero-order valence-electron chi connectivity index (χ0n) is 20.9. The van der Waals surface area contributed by atoms with Gasteiger partial charge in [-0.15, -0.1) is 12.4 Å². The van der Waals surface area contributed by atoms with Crippen LogP contribution in [0.3, 0.4) is 0 Å². The summed E-state index contributed by atoms with van der Waals surface area (Å²) in [6.07, 6.45) is 1.77. The molecule has 0 bridgehead atoms. The van der Waals surface area contributed by atoms with Crippen molar-refractivity contribution in [3.63, 3.8) is 0 Å². The zero-order valence-corrected chi connectivity index (χ0v) is 21.7. The zero-order chi connectivity index (χ0) is 24.5. The Bertz CT molecular complexity index is 1220. The Kier molecular flexibility index (Phi) is 8.11. The van der Waals surface area contributed by atoms with Gasteiger partial charge in [-0.1, -0.05) is 42.5 Å². The standard InChI is InChI=1S/C29H33BN2O3.ClH/c1-20(2)31-15-17-32(18-16-31)25-10-4-23(5-11-25)29-27(21-6-12-26(33)13-7-21)14-8-22-3-9-24(30(34)35)19-28(22)29;/h3-7,9-13,19-20,33-35H,8,14-18H2,1-2H3;1H. The van der Waals surface area contributed by atoms with E-state index >= 15 is 0 Å². The number of hydrogen-bond donors (Lipinski definition) is 3. The number of allylic oxidation sites excluding steroid dienone is 1. The molecule has 0 radical (unpaired) electrons. The topological polar surface area (TPSA) is 67.2 Å². The minimum Gasteiger partial charge on any atom is -0.508 e. The van der Waals surface area contributed by atoms with Crippen LogP contribution >= 0.6 is 12.4 Å². The van der Waals surface area contributed by atoms with Crippen molar-refractivity contribution < 1.29 is 15.2 Å². The molecule has 1 aliphatic carbocycles. The molecule has 1 saturated heterocycles. The molecule has 0 saturated carbocycles. The lowest BCUT2D eigenvalue weighted by molar-refractivity contribution is 0.209. The molecule has 3 aromatic rings. The summed E-state index contributed by atoms with van der Waals surface area (Å²) in [5.74, 6) is 0.250. The maximum Gasteiger partial charge on any atom is 0.488 e. The van der Waals surface area contributed by atoms with Gasteiger partial charge in [-0.05, 0) is 89.8 Å². The third-order valence-electron chi connectivity index (χ3n) is 7.43. The normalized spacial score (nSPS) is 16.1. The molecule has 0 atom stereocenters. The fourth-order valence-corrected chi connectivity index (χ4v) is 5.37. The first kappa shape index (κ1) is 26.3. The van der Waals surface area contributed by atoms with E-state index in [4.69, 9.17) is 0 Å². The summed E-state index contributed by atoms with van der Waals surface area (Å²) in [6, 6.07) is 22.5. The summed E-state index contributed by atoms with van der Waals surface area (Å²) in [7, 11) is -1.51. The highest BCUT2D eigenvalue weighted by atomic mass is 35.5. The highest BCUT2D eigenvalue weighted by molar-refractivity contribution is 6.58. The molecule has 1 aliphatic heterocycles. The average molecular weight is 505 g/mol. The Morgan fingerprint density at radius 2 is 1.42 bits per heavy atom. The summed E-state index contributed by atoms with van der Waals surface area (Å²) in [5, 5.41) is 29.5. The smallest absolute Gasteiger partial charge is 0.488 e. The van der Waals surface area contributed by atoms with Gasteiger partial charge in [0.15, 0.2) is 0 Å². The number of aromatic hydroxyl groups is 1. The van der Waals surface area contributed by atoms with E-state index in [0.29, 0.717) is 11.5 Å². The SMILES string of the molecule is CC(C)N1CCN(c2ccc(C3=C(c4ccc(O)cc4)CCc4ccc(B(O)O)cc43)cc2)CC1.Cl. The Hall–Kier alpha value is -2.77. The van der Waals surface area contributed by atoms with E-state index in [-0.39, 0.29) is 18.2 Å². The quantitative estimate of drug-likeness (QED) is 0.460. The molecule has 3 N–H and O–H groups in total. The summed E-state index contributed by atoms with van der Waals surface area (Å²) in [4.78, 5) is 4.97. The van der Waals surface area contributed by atoms with Gasteiger partial charge in [0.2, 0.25) is 0 Å². The number of phenolic OH excluding ortho intramolecular Hbond substituents is 1. The number of hydrogen-bond acceptors (Lipinski definition) is 5. The minimum atomic E-state index is -1.51. The van der Waals surface area contributed by atoms with Crippen molar-refractivity contribution in [3.05, 3.63) is 89.0 Å². The molecule has 188 valence electrons. The van der Waals surface area contributed by atoms with Gasteiger partial charge in [-0.2, -0.15) is 0 Å². The van der Waals surface area contributed by atoms with Gasteiger partial charge in [-0.3, -0.25) is 4.90 Å². The molecule has 1 fully saturated rings. The fourth-order valence-electron chi connectivity index (χ4n) is 5.37. The van der Waals surface area contributed by atoms with Crippen molar-refractivity contribution in [3.8, 4) is 5.75 Å². The predicted octanol–water partition coefficient (Wildman–Crippen LogP) is 3.93. The molecular formula is C29H34BClN2O3. The van der Waals surface area contributed by atoms with E-state index in [9.17, 15) is 15.2 Å². The lowest BCUT2D eigenvalue weighted by Gasteiger charge is -2.38.